The van der Waals surface area contributed by atoms with Gasteiger partial charge in [-0.2, -0.15) is 0 Å². The van der Waals surface area contributed by atoms with Gasteiger partial charge in [-0.25, -0.2) is 0 Å². The lowest BCUT2D eigenvalue weighted by Crippen LogP contribution is -2.40. The topological polar surface area (TPSA) is 61.4 Å². The van der Waals surface area contributed by atoms with Gasteiger partial charge in [0.2, 0.25) is 5.91 Å². The molecule has 26 heavy (non-hydrogen) atoms. The van der Waals surface area contributed by atoms with Crippen LogP contribution in [0.2, 0.25) is 0 Å². The number of benzene rings is 2. The maximum atomic E-state index is 12.2. The van der Waals surface area contributed by atoms with Crippen molar-refractivity contribution >= 4 is 23.2 Å². The van der Waals surface area contributed by atoms with Gasteiger partial charge in [0.05, 0.1) is 0 Å². The van der Waals surface area contributed by atoms with Crippen LogP contribution in [0.4, 0.5) is 11.4 Å². The Morgan fingerprint density at radius 2 is 1.65 bits per heavy atom. The van der Waals surface area contributed by atoms with Gasteiger partial charge in [-0.3, -0.25) is 9.59 Å². The predicted octanol–water partition coefficient (Wildman–Crippen LogP) is 3.29. The molecule has 0 atom stereocenters. The summed E-state index contributed by atoms with van der Waals surface area (Å²) in [5.74, 6) is 0.183. The van der Waals surface area contributed by atoms with Crippen molar-refractivity contribution in [1.29, 1.82) is 0 Å². The van der Waals surface area contributed by atoms with E-state index in [4.69, 9.17) is 0 Å². The second-order valence-corrected chi connectivity index (χ2v) is 6.52. The van der Waals surface area contributed by atoms with E-state index in [1.165, 1.54) is 0 Å². The first-order valence-corrected chi connectivity index (χ1v) is 9.16. The van der Waals surface area contributed by atoms with Crippen molar-refractivity contribution in [3.63, 3.8) is 0 Å². The van der Waals surface area contributed by atoms with Crippen LogP contribution in [0.15, 0.2) is 54.6 Å². The summed E-state index contributed by atoms with van der Waals surface area (Å²) in [6, 6.07) is 17.1. The van der Waals surface area contributed by atoms with E-state index in [1.54, 1.807) is 12.1 Å². The number of anilines is 2. The van der Waals surface area contributed by atoms with Gasteiger partial charge in [-0.15, -0.1) is 0 Å². The van der Waals surface area contributed by atoms with Crippen LogP contribution >= 0.6 is 0 Å². The largest absolute Gasteiger partial charge is 0.371 e. The number of nitrogens with zero attached hydrogens (tertiary/aromatic N) is 1. The van der Waals surface area contributed by atoms with Crippen molar-refractivity contribution in [3.05, 3.63) is 60.2 Å². The van der Waals surface area contributed by atoms with Crippen LogP contribution in [0.25, 0.3) is 0 Å². The Morgan fingerprint density at radius 1 is 1.00 bits per heavy atom. The number of carbonyl (C=O) groups excluding carboxylic acids is 2. The van der Waals surface area contributed by atoms with E-state index in [0.717, 1.165) is 37.3 Å². The van der Waals surface area contributed by atoms with Crippen LogP contribution in [0, 0.1) is 5.92 Å². The molecule has 2 amide bonds. The second kappa shape index (κ2) is 8.52. The maximum Gasteiger partial charge on any atom is 0.255 e. The van der Waals surface area contributed by atoms with E-state index < -0.39 is 0 Å². The Kier molecular flexibility index (Phi) is 5.89. The molecule has 1 aliphatic rings. The third-order valence-electron chi connectivity index (χ3n) is 4.74. The summed E-state index contributed by atoms with van der Waals surface area (Å²) >= 11 is 0. The normalized spacial score (nSPS) is 14.7. The molecule has 136 valence electrons. The molecule has 0 bridgehead atoms. The molecule has 2 N–H and O–H groups in total. The minimum atomic E-state index is -0.110. The Bertz CT molecular complexity index is 736. The molecule has 0 aliphatic carbocycles. The first-order chi connectivity index (χ1) is 12.7. The molecule has 1 fully saturated rings. The van der Waals surface area contributed by atoms with Gasteiger partial charge >= 0.3 is 0 Å². The van der Waals surface area contributed by atoms with Crippen molar-refractivity contribution < 1.29 is 9.59 Å². The summed E-state index contributed by atoms with van der Waals surface area (Å²) in [6.07, 6.45) is 1.75. The first-order valence-electron chi connectivity index (χ1n) is 9.16. The van der Waals surface area contributed by atoms with Crippen LogP contribution < -0.4 is 15.5 Å². The fraction of sp³-hybridized carbons (Fsp3) is 0.333. The Morgan fingerprint density at radius 3 is 2.27 bits per heavy atom. The molecule has 0 aromatic heterocycles. The van der Waals surface area contributed by atoms with E-state index >= 15 is 0 Å². The number of carbonyl (C=O) groups is 2. The number of nitrogens with one attached hydrogen (secondary N) is 2. The molecule has 0 unspecified atom stereocenters. The summed E-state index contributed by atoms with van der Waals surface area (Å²) in [4.78, 5) is 26.4. The molecule has 1 saturated heterocycles. The summed E-state index contributed by atoms with van der Waals surface area (Å²) in [6.45, 7) is 4.38. The highest BCUT2D eigenvalue weighted by Gasteiger charge is 2.24. The van der Waals surface area contributed by atoms with Gasteiger partial charge in [-0.05, 0) is 56.2 Å². The molecule has 2 aromatic carbocycles. The van der Waals surface area contributed by atoms with Crippen LogP contribution in [0.1, 0.15) is 30.1 Å². The SMILES string of the molecule is CCNC(=O)C1CCN(c2ccc(NC(=O)c3ccccc3)cc2)CC1. The quantitative estimate of drug-likeness (QED) is 0.869. The average Bonchev–Trinajstić information content (AvgIpc) is 2.69. The molecule has 2 aromatic rings. The van der Waals surface area contributed by atoms with Crippen LogP contribution in [0.5, 0.6) is 0 Å². The molecular formula is C21H25N3O2. The second-order valence-electron chi connectivity index (χ2n) is 6.52. The van der Waals surface area contributed by atoms with E-state index in [1.807, 2.05) is 49.4 Å². The fourth-order valence-electron chi connectivity index (χ4n) is 3.27. The first kappa shape index (κ1) is 18.0. The Labute approximate surface area is 154 Å². The third kappa shape index (κ3) is 4.42. The number of rotatable bonds is 5. The van der Waals surface area contributed by atoms with Crippen molar-refractivity contribution in [2.45, 2.75) is 19.8 Å². The Balaban J connectivity index is 1.55. The minimum Gasteiger partial charge on any atom is -0.371 e. The zero-order valence-corrected chi connectivity index (χ0v) is 15.1. The highest BCUT2D eigenvalue weighted by Crippen LogP contribution is 2.25. The van der Waals surface area contributed by atoms with E-state index in [9.17, 15) is 9.59 Å². The van der Waals surface area contributed by atoms with Gasteiger partial charge in [0.15, 0.2) is 0 Å². The monoisotopic (exact) mass is 351 g/mol. The average molecular weight is 351 g/mol. The van der Waals surface area contributed by atoms with Crippen LogP contribution in [-0.4, -0.2) is 31.4 Å². The standard InChI is InChI=1S/C21H25N3O2/c1-2-22-20(25)17-12-14-24(15-13-17)19-10-8-18(9-11-19)23-21(26)16-6-4-3-5-7-16/h3-11,17H,2,12-15H2,1H3,(H,22,25)(H,23,26). The molecule has 0 saturated carbocycles. The van der Waals surface area contributed by atoms with E-state index in [-0.39, 0.29) is 17.7 Å². The molecule has 0 radical (unpaired) electrons. The number of amides is 2. The molecule has 1 aliphatic heterocycles. The number of piperidine rings is 1. The lowest BCUT2D eigenvalue weighted by atomic mass is 9.95. The van der Waals surface area contributed by atoms with Gasteiger partial charge in [0.25, 0.3) is 5.91 Å². The van der Waals surface area contributed by atoms with Gasteiger partial charge in [-0.1, -0.05) is 18.2 Å². The van der Waals surface area contributed by atoms with Gasteiger partial charge in [0.1, 0.15) is 0 Å². The van der Waals surface area contributed by atoms with E-state index in [2.05, 4.69) is 15.5 Å². The van der Waals surface area contributed by atoms with Crippen molar-refractivity contribution in [1.82, 2.24) is 5.32 Å². The minimum absolute atomic E-state index is 0.110. The van der Waals surface area contributed by atoms with Crippen molar-refractivity contribution in [3.8, 4) is 0 Å². The molecular weight excluding hydrogens is 326 g/mol. The predicted molar refractivity (Wildman–Crippen MR) is 104 cm³/mol. The van der Waals surface area contributed by atoms with Crippen molar-refractivity contribution in [2.75, 3.05) is 29.9 Å². The van der Waals surface area contributed by atoms with Crippen LogP contribution in [-0.2, 0) is 4.79 Å². The summed E-state index contributed by atoms with van der Waals surface area (Å²) in [5.41, 5.74) is 2.54. The maximum absolute atomic E-state index is 12.2. The summed E-state index contributed by atoms with van der Waals surface area (Å²) in [5, 5.41) is 5.83. The summed E-state index contributed by atoms with van der Waals surface area (Å²) in [7, 11) is 0. The Hall–Kier alpha value is -2.82. The van der Waals surface area contributed by atoms with Crippen molar-refractivity contribution in [2.24, 2.45) is 5.92 Å². The lowest BCUT2D eigenvalue weighted by Gasteiger charge is -2.33. The van der Waals surface area contributed by atoms with E-state index in [0.29, 0.717) is 12.1 Å². The smallest absolute Gasteiger partial charge is 0.255 e. The zero-order valence-electron chi connectivity index (χ0n) is 15.1. The lowest BCUT2D eigenvalue weighted by molar-refractivity contribution is -0.125. The number of hydrogen-bond acceptors (Lipinski definition) is 3. The highest BCUT2D eigenvalue weighted by atomic mass is 16.2. The third-order valence-corrected chi connectivity index (χ3v) is 4.74. The number of hydrogen-bond donors (Lipinski definition) is 2. The molecule has 3 rings (SSSR count). The molecule has 1 heterocycles. The molecule has 0 spiro atoms. The van der Waals surface area contributed by atoms with Gasteiger partial charge in [0, 0.05) is 42.5 Å². The highest BCUT2D eigenvalue weighted by molar-refractivity contribution is 6.04. The van der Waals surface area contributed by atoms with Gasteiger partial charge < -0.3 is 15.5 Å². The molecule has 5 heteroatoms. The zero-order chi connectivity index (χ0) is 18.4. The fourth-order valence-corrected chi connectivity index (χ4v) is 3.27. The summed E-state index contributed by atoms with van der Waals surface area (Å²) < 4.78 is 0. The van der Waals surface area contributed by atoms with Crippen LogP contribution in [0.3, 0.4) is 0 Å². The molecule has 5 nitrogen and oxygen atoms in total.